The van der Waals surface area contributed by atoms with Gasteiger partial charge < -0.3 is 9.84 Å². The number of aliphatic hydroxyl groups excluding tert-OH is 1. The van der Waals surface area contributed by atoms with Gasteiger partial charge in [-0.15, -0.1) is 0 Å². The predicted octanol–water partition coefficient (Wildman–Crippen LogP) is 1.06. The van der Waals surface area contributed by atoms with E-state index in [2.05, 4.69) is 6.58 Å². The minimum Gasteiger partial charge on any atom is -0.364 e. The monoisotopic (exact) mass is 128 g/mol. The first-order valence-corrected chi connectivity index (χ1v) is 3.25. The van der Waals surface area contributed by atoms with E-state index in [0.29, 0.717) is 0 Å². The van der Waals surface area contributed by atoms with E-state index < -0.39 is 6.29 Å². The average molecular weight is 128 g/mol. The van der Waals surface area contributed by atoms with E-state index in [9.17, 15) is 0 Å². The minimum absolute atomic E-state index is 0.201. The van der Waals surface area contributed by atoms with Crippen molar-refractivity contribution in [3.63, 3.8) is 0 Å². The van der Waals surface area contributed by atoms with Gasteiger partial charge in [0.15, 0.2) is 6.29 Å². The van der Waals surface area contributed by atoms with Crippen LogP contribution in [-0.4, -0.2) is 17.5 Å². The van der Waals surface area contributed by atoms with Crippen molar-refractivity contribution in [3.05, 3.63) is 12.2 Å². The SMILES string of the molecule is C=C1CC(CC)OC1O. The quantitative estimate of drug-likeness (QED) is 0.535. The third-order valence-corrected chi connectivity index (χ3v) is 1.62. The molecule has 0 saturated carbocycles. The van der Waals surface area contributed by atoms with E-state index in [4.69, 9.17) is 9.84 Å². The summed E-state index contributed by atoms with van der Waals surface area (Å²) in [6.45, 7) is 5.70. The van der Waals surface area contributed by atoms with E-state index in [1.165, 1.54) is 0 Å². The van der Waals surface area contributed by atoms with Crippen molar-refractivity contribution >= 4 is 0 Å². The highest BCUT2D eigenvalue weighted by molar-refractivity contribution is 5.04. The Labute approximate surface area is 55.1 Å². The Kier molecular flexibility index (Phi) is 1.88. The normalized spacial score (nSPS) is 35.6. The average Bonchev–Trinajstić information content (AvgIpc) is 2.13. The first kappa shape index (κ1) is 6.78. The summed E-state index contributed by atoms with van der Waals surface area (Å²) in [5.74, 6) is 0. The molecule has 0 radical (unpaired) electrons. The van der Waals surface area contributed by atoms with Crippen molar-refractivity contribution in [3.8, 4) is 0 Å². The summed E-state index contributed by atoms with van der Waals surface area (Å²) >= 11 is 0. The maximum absolute atomic E-state index is 8.98. The summed E-state index contributed by atoms with van der Waals surface area (Å²) in [5, 5.41) is 8.98. The van der Waals surface area contributed by atoms with Crippen molar-refractivity contribution < 1.29 is 9.84 Å². The smallest absolute Gasteiger partial charge is 0.177 e. The van der Waals surface area contributed by atoms with Crippen molar-refractivity contribution in [1.82, 2.24) is 0 Å². The van der Waals surface area contributed by atoms with Crippen LogP contribution >= 0.6 is 0 Å². The zero-order valence-corrected chi connectivity index (χ0v) is 5.63. The molecule has 0 amide bonds. The van der Waals surface area contributed by atoms with Crippen LogP contribution in [0.4, 0.5) is 0 Å². The van der Waals surface area contributed by atoms with Crippen LogP contribution in [0, 0.1) is 0 Å². The topological polar surface area (TPSA) is 29.5 Å². The molecule has 1 N–H and O–H groups in total. The van der Waals surface area contributed by atoms with E-state index in [1.54, 1.807) is 0 Å². The van der Waals surface area contributed by atoms with Gasteiger partial charge in [-0.1, -0.05) is 13.5 Å². The Morgan fingerprint density at radius 2 is 2.56 bits per heavy atom. The van der Waals surface area contributed by atoms with Gasteiger partial charge in [0.05, 0.1) is 6.10 Å². The lowest BCUT2D eigenvalue weighted by atomic mass is 10.1. The lowest BCUT2D eigenvalue weighted by molar-refractivity contribution is -0.0760. The second kappa shape index (κ2) is 2.50. The number of rotatable bonds is 1. The number of aliphatic hydroxyl groups is 1. The summed E-state index contributed by atoms with van der Waals surface area (Å²) in [6, 6.07) is 0. The van der Waals surface area contributed by atoms with Gasteiger partial charge in [0.2, 0.25) is 0 Å². The van der Waals surface area contributed by atoms with Crippen molar-refractivity contribution in [2.45, 2.75) is 32.2 Å². The molecule has 1 saturated heterocycles. The van der Waals surface area contributed by atoms with Gasteiger partial charge in [-0.2, -0.15) is 0 Å². The number of hydrogen-bond acceptors (Lipinski definition) is 2. The standard InChI is InChI=1S/C7H12O2/c1-3-6-4-5(2)7(8)9-6/h6-8H,2-4H2,1H3. The third kappa shape index (κ3) is 1.32. The van der Waals surface area contributed by atoms with Crippen LogP contribution in [0.1, 0.15) is 19.8 Å². The molecule has 1 aliphatic heterocycles. The maximum Gasteiger partial charge on any atom is 0.177 e. The molecule has 0 aliphatic carbocycles. The molecule has 2 atom stereocenters. The Morgan fingerprint density at radius 1 is 1.89 bits per heavy atom. The molecule has 0 aromatic rings. The molecular weight excluding hydrogens is 116 g/mol. The van der Waals surface area contributed by atoms with E-state index in [-0.39, 0.29) is 6.10 Å². The molecule has 1 heterocycles. The van der Waals surface area contributed by atoms with Gasteiger partial charge in [-0.05, 0) is 18.4 Å². The van der Waals surface area contributed by atoms with Crippen molar-refractivity contribution in [2.75, 3.05) is 0 Å². The van der Waals surface area contributed by atoms with Crippen LogP contribution in [0.15, 0.2) is 12.2 Å². The van der Waals surface area contributed by atoms with Gasteiger partial charge in [-0.25, -0.2) is 0 Å². The first-order valence-electron chi connectivity index (χ1n) is 3.25. The van der Waals surface area contributed by atoms with E-state index in [0.717, 1.165) is 18.4 Å². The molecule has 0 bridgehead atoms. The van der Waals surface area contributed by atoms with E-state index in [1.807, 2.05) is 6.92 Å². The third-order valence-electron chi connectivity index (χ3n) is 1.62. The lowest BCUT2D eigenvalue weighted by Crippen LogP contribution is -2.08. The summed E-state index contributed by atoms with van der Waals surface area (Å²) in [5.41, 5.74) is 0.807. The Bertz CT molecular complexity index is 120. The number of ether oxygens (including phenoxy) is 1. The maximum atomic E-state index is 8.98. The second-order valence-corrected chi connectivity index (χ2v) is 2.38. The molecule has 0 spiro atoms. The lowest BCUT2D eigenvalue weighted by Gasteiger charge is -2.04. The largest absolute Gasteiger partial charge is 0.364 e. The summed E-state index contributed by atoms with van der Waals surface area (Å²) in [7, 11) is 0. The molecule has 9 heavy (non-hydrogen) atoms. The predicted molar refractivity (Wildman–Crippen MR) is 34.9 cm³/mol. The van der Waals surface area contributed by atoms with Crippen LogP contribution < -0.4 is 0 Å². The van der Waals surface area contributed by atoms with E-state index >= 15 is 0 Å². The second-order valence-electron chi connectivity index (χ2n) is 2.38. The molecule has 1 aliphatic rings. The summed E-state index contributed by atoms with van der Waals surface area (Å²) < 4.78 is 5.08. The molecule has 52 valence electrons. The van der Waals surface area contributed by atoms with Crippen molar-refractivity contribution in [2.24, 2.45) is 0 Å². The van der Waals surface area contributed by atoms with Crippen molar-refractivity contribution in [1.29, 1.82) is 0 Å². The van der Waals surface area contributed by atoms with Crippen LogP contribution in [0.25, 0.3) is 0 Å². The highest BCUT2D eigenvalue weighted by Crippen LogP contribution is 2.23. The minimum atomic E-state index is -0.699. The van der Waals surface area contributed by atoms with Gasteiger partial charge >= 0.3 is 0 Å². The van der Waals surface area contributed by atoms with Crippen LogP contribution in [-0.2, 0) is 4.74 Å². The van der Waals surface area contributed by atoms with Gasteiger partial charge in [-0.3, -0.25) is 0 Å². The molecule has 1 rings (SSSR count). The Morgan fingerprint density at radius 3 is 2.78 bits per heavy atom. The van der Waals surface area contributed by atoms with Crippen LogP contribution in [0.3, 0.4) is 0 Å². The first-order chi connectivity index (χ1) is 4.24. The zero-order valence-electron chi connectivity index (χ0n) is 5.63. The fraction of sp³-hybridized carbons (Fsp3) is 0.714. The van der Waals surface area contributed by atoms with Gasteiger partial charge in [0.25, 0.3) is 0 Å². The Hall–Kier alpha value is -0.340. The fourth-order valence-corrected chi connectivity index (χ4v) is 0.960. The molecular formula is C7H12O2. The molecule has 2 heteroatoms. The number of hydrogen-bond donors (Lipinski definition) is 1. The van der Waals surface area contributed by atoms with Crippen LogP contribution in [0.2, 0.25) is 0 Å². The molecule has 2 nitrogen and oxygen atoms in total. The highest BCUT2D eigenvalue weighted by Gasteiger charge is 2.24. The summed E-state index contributed by atoms with van der Waals surface area (Å²) in [4.78, 5) is 0. The fourth-order valence-electron chi connectivity index (χ4n) is 0.960. The summed E-state index contributed by atoms with van der Waals surface area (Å²) in [6.07, 6.45) is 1.27. The van der Waals surface area contributed by atoms with Crippen LogP contribution in [0.5, 0.6) is 0 Å². The molecule has 2 unspecified atom stereocenters. The highest BCUT2D eigenvalue weighted by atomic mass is 16.6. The zero-order chi connectivity index (χ0) is 6.85. The van der Waals surface area contributed by atoms with Gasteiger partial charge in [0.1, 0.15) is 0 Å². The Balaban J connectivity index is 2.44. The molecule has 0 aromatic heterocycles. The molecule has 0 aromatic carbocycles. The molecule has 1 fully saturated rings. The van der Waals surface area contributed by atoms with Gasteiger partial charge in [0, 0.05) is 0 Å².